The Bertz CT molecular complexity index is 167. The van der Waals surface area contributed by atoms with Crippen LogP contribution in [0.15, 0.2) is 0 Å². The summed E-state index contributed by atoms with van der Waals surface area (Å²) in [5, 5.41) is 0. The van der Waals surface area contributed by atoms with Gasteiger partial charge in [0.25, 0.3) is 0 Å². The molecule has 0 aromatic carbocycles. The largest absolute Gasteiger partial charge is 0.398 e. The number of hydrogen-bond donors (Lipinski definition) is 0. The van der Waals surface area contributed by atoms with E-state index in [9.17, 15) is 0 Å². The van der Waals surface area contributed by atoms with E-state index >= 15 is 0 Å². The molecule has 0 fully saturated rings. The van der Waals surface area contributed by atoms with Crippen LogP contribution in [-0.2, 0) is 13.9 Å². The summed E-state index contributed by atoms with van der Waals surface area (Å²) in [4.78, 5) is 0. The molecule has 1 unspecified atom stereocenters. The molecule has 0 aliphatic carbocycles. The van der Waals surface area contributed by atoms with Crippen LogP contribution in [0.25, 0.3) is 0 Å². The van der Waals surface area contributed by atoms with Gasteiger partial charge in [0.1, 0.15) is 0 Å². The molecule has 0 aromatic heterocycles. The highest BCUT2D eigenvalue weighted by Gasteiger charge is 2.05. The standard InChI is InChI=1S/C15H34O3Si/c1-4-5-6-7-8-9-10-11-12-13-19-18-15(17-3)14-16-2/h15H,4-14,19H2,1-3H3. The number of unbranched alkanes of at least 4 members (excludes halogenated alkanes) is 8. The van der Waals surface area contributed by atoms with Crippen molar-refractivity contribution >= 4 is 9.76 Å². The Morgan fingerprint density at radius 1 is 0.842 bits per heavy atom. The van der Waals surface area contributed by atoms with Gasteiger partial charge in [0.05, 0.1) is 6.61 Å². The Hall–Kier alpha value is 0.0969. The smallest absolute Gasteiger partial charge is 0.170 e. The lowest BCUT2D eigenvalue weighted by molar-refractivity contribution is -0.0928. The predicted octanol–water partition coefficient (Wildman–Crippen LogP) is 3.65. The van der Waals surface area contributed by atoms with E-state index in [4.69, 9.17) is 13.9 Å². The molecule has 0 amide bonds. The minimum atomic E-state index is -0.423. The second-order valence-electron chi connectivity index (χ2n) is 5.17. The first-order chi connectivity index (χ1) is 9.35. The van der Waals surface area contributed by atoms with Crippen molar-refractivity contribution in [3.8, 4) is 0 Å². The Kier molecular flexibility index (Phi) is 16.2. The van der Waals surface area contributed by atoms with Crippen LogP contribution in [-0.4, -0.2) is 36.9 Å². The fourth-order valence-corrected chi connectivity index (χ4v) is 3.34. The third-order valence-corrected chi connectivity index (χ3v) is 4.76. The molecule has 3 nitrogen and oxygen atoms in total. The van der Waals surface area contributed by atoms with Gasteiger partial charge in [-0.25, -0.2) is 0 Å². The second kappa shape index (κ2) is 16.2. The van der Waals surface area contributed by atoms with E-state index in [1.54, 1.807) is 14.2 Å². The van der Waals surface area contributed by atoms with Crippen molar-refractivity contribution in [1.29, 1.82) is 0 Å². The molecule has 0 aliphatic heterocycles. The Labute approximate surface area is 122 Å². The van der Waals surface area contributed by atoms with Gasteiger partial charge in [0.15, 0.2) is 16.1 Å². The average molecular weight is 291 g/mol. The summed E-state index contributed by atoms with van der Waals surface area (Å²) < 4.78 is 15.9. The number of hydrogen-bond acceptors (Lipinski definition) is 3. The molecule has 0 N–H and O–H groups in total. The molecular formula is C15H34O3Si. The van der Waals surface area contributed by atoms with E-state index in [0.717, 1.165) is 0 Å². The van der Waals surface area contributed by atoms with Crippen LogP contribution < -0.4 is 0 Å². The topological polar surface area (TPSA) is 27.7 Å². The van der Waals surface area contributed by atoms with Gasteiger partial charge in [-0.3, -0.25) is 0 Å². The van der Waals surface area contributed by atoms with Gasteiger partial charge in [-0.05, 0) is 6.04 Å². The van der Waals surface area contributed by atoms with E-state index < -0.39 is 9.76 Å². The molecule has 1 atom stereocenters. The van der Waals surface area contributed by atoms with Crippen LogP contribution in [0.4, 0.5) is 0 Å². The van der Waals surface area contributed by atoms with Crippen molar-refractivity contribution in [1.82, 2.24) is 0 Å². The predicted molar refractivity (Wildman–Crippen MR) is 84.3 cm³/mol. The van der Waals surface area contributed by atoms with Crippen LogP contribution in [0.1, 0.15) is 64.7 Å². The fourth-order valence-electron chi connectivity index (χ4n) is 2.12. The third kappa shape index (κ3) is 14.3. The molecule has 116 valence electrons. The Morgan fingerprint density at radius 2 is 1.42 bits per heavy atom. The first kappa shape index (κ1) is 19.1. The van der Waals surface area contributed by atoms with Gasteiger partial charge >= 0.3 is 0 Å². The maximum Gasteiger partial charge on any atom is 0.170 e. The highest BCUT2D eigenvalue weighted by atomic mass is 28.2. The minimum absolute atomic E-state index is 0.143. The zero-order valence-electron chi connectivity index (χ0n) is 13.3. The summed E-state index contributed by atoms with van der Waals surface area (Å²) in [6, 6.07) is 1.26. The molecule has 0 spiro atoms. The van der Waals surface area contributed by atoms with Crippen LogP contribution in [0.5, 0.6) is 0 Å². The van der Waals surface area contributed by atoms with Gasteiger partial charge in [0, 0.05) is 14.2 Å². The van der Waals surface area contributed by atoms with E-state index in [2.05, 4.69) is 6.92 Å². The van der Waals surface area contributed by atoms with Crippen molar-refractivity contribution in [2.45, 2.75) is 77.0 Å². The summed E-state index contributed by atoms with van der Waals surface area (Å²) >= 11 is 0. The summed E-state index contributed by atoms with van der Waals surface area (Å²) in [7, 11) is 2.93. The molecule has 0 heterocycles. The van der Waals surface area contributed by atoms with Gasteiger partial charge in [-0.15, -0.1) is 0 Å². The monoisotopic (exact) mass is 290 g/mol. The van der Waals surface area contributed by atoms with Crippen molar-refractivity contribution in [2.24, 2.45) is 0 Å². The molecule has 0 rings (SSSR count). The molecule has 19 heavy (non-hydrogen) atoms. The molecule has 0 bridgehead atoms. The highest BCUT2D eigenvalue weighted by molar-refractivity contribution is 6.27. The molecule has 0 aliphatic rings. The quantitative estimate of drug-likeness (QED) is 0.262. The maximum atomic E-state index is 5.70. The Balaban J connectivity index is 3.09. The molecule has 0 saturated heterocycles. The lowest BCUT2D eigenvalue weighted by Gasteiger charge is -2.15. The van der Waals surface area contributed by atoms with Crippen LogP contribution in [0.3, 0.4) is 0 Å². The summed E-state index contributed by atoms with van der Waals surface area (Å²) in [6.45, 7) is 2.81. The molecular weight excluding hydrogens is 256 g/mol. The lowest BCUT2D eigenvalue weighted by Crippen LogP contribution is -2.22. The third-order valence-electron chi connectivity index (χ3n) is 3.37. The van der Waals surface area contributed by atoms with Crippen LogP contribution in [0, 0.1) is 0 Å². The zero-order chi connectivity index (χ0) is 14.2. The van der Waals surface area contributed by atoms with E-state index in [1.165, 1.54) is 63.8 Å². The number of ether oxygens (including phenoxy) is 2. The van der Waals surface area contributed by atoms with Crippen molar-refractivity contribution in [3.63, 3.8) is 0 Å². The first-order valence-electron chi connectivity index (χ1n) is 7.98. The van der Waals surface area contributed by atoms with Crippen LogP contribution >= 0.6 is 0 Å². The summed E-state index contributed by atoms with van der Waals surface area (Å²) in [6.07, 6.45) is 12.4. The number of rotatable bonds is 15. The van der Waals surface area contributed by atoms with Gasteiger partial charge < -0.3 is 13.9 Å². The minimum Gasteiger partial charge on any atom is -0.398 e. The average Bonchev–Trinajstić information content (AvgIpc) is 2.43. The van der Waals surface area contributed by atoms with Gasteiger partial charge in [-0.2, -0.15) is 0 Å². The van der Waals surface area contributed by atoms with Gasteiger partial charge in [0.2, 0.25) is 0 Å². The van der Waals surface area contributed by atoms with Crippen molar-refractivity contribution in [3.05, 3.63) is 0 Å². The summed E-state index contributed by atoms with van der Waals surface area (Å²) in [5.41, 5.74) is 0. The van der Waals surface area contributed by atoms with Crippen molar-refractivity contribution in [2.75, 3.05) is 20.8 Å². The van der Waals surface area contributed by atoms with E-state index in [0.29, 0.717) is 6.61 Å². The molecule has 0 aromatic rings. The van der Waals surface area contributed by atoms with E-state index in [1.807, 2.05) is 0 Å². The molecule has 4 heteroatoms. The summed E-state index contributed by atoms with van der Waals surface area (Å²) in [5.74, 6) is 0. The van der Waals surface area contributed by atoms with Crippen molar-refractivity contribution < 1.29 is 13.9 Å². The highest BCUT2D eigenvalue weighted by Crippen LogP contribution is 2.10. The lowest BCUT2D eigenvalue weighted by atomic mass is 10.1. The second-order valence-corrected chi connectivity index (χ2v) is 6.62. The SMILES string of the molecule is CCCCCCCCCCC[SiH2]OC(COC)OC. The molecule has 0 saturated carbocycles. The zero-order valence-corrected chi connectivity index (χ0v) is 14.7. The number of methoxy groups -OCH3 is 2. The van der Waals surface area contributed by atoms with Crippen LogP contribution in [0.2, 0.25) is 6.04 Å². The Morgan fingerprint density at radius 3 is 1.95 bits per heavy atom. The fraction of sp³-hybridized carbons (Fsp3) is 1.00. The maximum absolute atomic E-state index is 5.70. The van der Waals surface area contributed by atoms with Gasteiger partial charge in [-0.1, -0.05) is 64.7 Å². The first-order valence-corrected chi connectivity index (χ1v) is 9.56. The van der Waals surface area contributed by atoms with E-state index in [-0.39, 0.29) is 6.29 Å². The molecule has 0 radical (unpaired) electrons. The normalized spacial score (nSPS) is 13.4.